The Morgan fingerprint density at radius 2 is 2.00 bits per heavy atom. The number of rotatable bonds is 2. The Kier molecular flexibility index (Phi) is 2.66. The zero-order valence-electron chi connectivity index (χ0n) is 13.0. The maximum Gasteiger partial charge on any atom is 0.273 e. The van der Waals surface area contributed by atoms with E-state index in [-0.39, 0.29) is 5.56 Å². The first-order chi connectivity index (χ1) is 12.2. The van der Waals surface area contributed by atoms with E-state index >= 15 is 0 Å². The van der Waals surface area contributed by atoms with E-state index in [4.69, 9.17) is 4.42 Å². The summed E-state index contributed by atoms with van der Waals surface area (Å²) in [5, 5.41) is 13.5. The molecule has 5 rings (SSSR count). The lowest BCUT2D eigenvalue weighted by Gasteiger charge is -2.02. The number of aromatic amines is 2. The van der Waals surface area contributed by atoms with Gasteiger partial charge < -0.3 is 4.42 Å². The minimum atomic E-state index is -0.227. The molecule has 5 aromatic rings. The fourth-order valence-corrected chi connectivity index (χ4v) is 2.76. The Balaban J connectivity index is 1.75. The van der Waals surface area contributed by atoms with Gasteiger partial charge in [0.2, 0.25) is 5.89 Å². The van der Waals surface area contributed by atoms with Gasteiger partial charge >= 0.3 is 0 Å². The van der Waals surface area contributed by atoms with Crippen LogP contribution in [0.3, 0.4) is 0 Å². The highest BCUT2D eigenvalue weighted by atomic mass is 16.3. The first-order valence-corrected chi connectivity index (χ1v) is 7.54. The van der Waals surface area contributed by atoms with E-state index in [2.05, 4.69) is 30.5 Å². The molecular weight excluding hydrogens is 322 g/mol. The van der Waals surface area contributed by atoms with E-state index in [1.807, 2.05) is 25.1 Å². The fourth-order valence-electron chi connectivity index (χ4n) is 2.76. The Morgan fingerprint density at radius 1 is 1.12 bits per heavy atom. The van der Waals surface area contributed by atoms with Gasteiger partial charge in [0.1, 0.15) is 17.3 Å². The number of oxazole rings is 1. The monoisotopic (exact) mass is 333 g/mol. The van der Waals surface area contributed by atoms with Gasteiger partial charge in [-0.3, -0.25) is 9.89 Å². The van der Waals surface area contributed by atoms with Crippen molar-refractivity contribution in [1.82, 2.24) is 35.0 Å². The lowest BCUT2D eigenvalue weighted by atomic mass is 10.1. The van der Waals surface area contributed by atoms with E-state index in [1.165, 1.54) is 10.6 Å². The van der Waals surface area contributed by atoms with Crippen molar-refractivity contribution >= 4 is 16.7 Å². The summed E-state index contributed by atoms with van der Waals surface area (Å²) in [6, 6.07) is 6.98. The lowest BCUT2D eigenvalue weighted by molar-refractivity contribution is 0.574. The molecule has 0 fully saturated rings. The van der Waals surface area contributed by atoms with Crippen LogP contribution in [0.5, 0.6) is 0 Å². The molecule has 9 nitrogen and oxygen atoms in total. The average Bonchev–Trinajstić information content (AvgIpc) is 3.32. The van der Waals surface area contributed by atoms with Crippen molar-refractivity contribution in [2.45, 2.75) is 6.92 Å². The van der Waals surface area contributed by atoms with Crippen molar-refractivity contribution in [2.24, 2.45) is 0 Å². The molecule has 25 heavy (non-hydrogen) atoms. The molecule has 0 atom stereocenters. The molecule has 4 aromatic heterocycles. The van der Waals surface area contributed by atoms with Crippen molar-refractivity contribution in [3.05, 3.63) is 52.8 Å². The average molecular weight is 333 g/mol. The number of aromatic nitrogens is 7. The second kappa shape index (κ2) is 4.87. The van der Waals surface area contributed by atoms with Gasteiger partial charge in [-0.1, -0.05) is 6.07 Å². The highest BCUT2D eigenvalue weighted by Crippen LogP contribution is 2.25. The number of nitrogens with one attached hydrogen (secondary N) is 2. The molecule has 0 aliphatic carbocycles. The Labute approximate surface area is 139 Å². The van der Waals surface area contributed by atoms with E-state index in [1.54, 1.807) is 12.5 Å². The number of hydrogen-bond donors (Lipinski definition) is 2. The summed E-state index contributed by atoms with van der Waals surface area (Å²) in [7, 11) is 0. The van der Waals surface area contributed by atoms with Gasteiger partial charge in [0.15, 0.2) is 5.65 Å². The molecule has 0 spiro atoms. The summed E-state index contributed by atoms with van der Waals surface area (Å²) in [5.74, 6) is 0.409. The van der Waals surface area contributed by atoms with Gasteiger partial charge in [-0.25, -0.2) is 14.5 Å². The number of H-pyrrole nitrogens is 2. The molecule has 0 saturated heterocycles. The topological polar surface area (TPSA) is 118 Å². The van der Waals surface area contributed by atoms with Crippen molar-refractivity contribution < 1.29 is 4.42 Å². The summed E-state index contributed by atoms with van der Waals surface area (Å²) in [6.45, 7) is 1.83. The third-order valence-electron chi connectivity index (χ3n) is 3.96. The summed E-state index contributed by atoms with van der Waals surface area (Å²) in [4.78, 5) is 21.4. The van der Waals surface area contributed by atoms with Gasteiger partial charge in [0.05, 0.1) is 17.0 Å². The van der Waals surface area contributed by atoms with Gasteiger partial charge in [0, 0.05) is 17.8 Å². The predicted octanol–water partition coefficient (Wildman–Crippen LogP) is 1.92. The number of benzene rings is 1. The molecular formula is C16H11N7O2. The van der Waals surface area contributed by atoms with Gasteiger partial charge in [-0.15, -0.1) is 0 Å². The van der Waals surface area contributed by atoms with Gasteiger partial charge in [-0.2, -0.15) is 15.4 Å². The minimum absolute atomic E-state index is 0.227. The number of fused-ring (bicyclic) bond motifs is 2. The summed E-state index contributed by atoms with van der Waals surface area (Å²) >= 11 is 0. The van der Waals surface area contributed by atoms with Crippen LogP contribution in [-0.4, -0.2) is 35.0 Å². The molecule has 2 N–H and O–H groups in total. The first kappa shape index (κ1) is 13.7. The smallest absolute Gasteiger partial charge is 0.273 e. The normalized spacial score (nSPS) is 11.6. The molecule has 1 aromatic carbocycles. The molecule has 122 valence electrons. The maximum absolute atomic E-state index is 12.4. The highest BCUT2D eigenvalue weighted by Gasteiger charge is 2.15. The molecule has 0 aliphatic rings. The Morgan fingerprint density at radius 3 is 2.84 bits per heavy atom. The van der Waals surface area contributed by atoms with Crippen molar-refractivity contribution in [1.29, 1.82) is 0 Å². The molecule has 0 bridgehead atoms. The second-order valence-corrected chi connectivity index (χ2v) is 5.65. The van der Waals surface area contributed by atoms with E-state index in [0.717, 1.165) is 16.8 Å². The largest absolute Gasteiger partial charge is 0.444 e. The van der Waals surface area contributed by atoms with E-state index < -0.39 is 0 Å². The van der Waals surface area contributed by atoms with Crippen molar-refractivity contribution in [2.75, 3.05) is 0 Å². The zero-order chi connectivity index (χ0) is 17.0. The van der Waals surface area contributed by atoms with Crippen LogP contribution in [-0.2, 0) is 0 Å². The second-order valence-electron chi connectivity index (χ2n) is 5.65. The van der Waals surface area contributed by atoms with Gasteiger partial charge in [-0.05, 0) is 19.1 Å². The maximum atomic E-state index is 12.4. The first-order valence-electron chi connectivity index (χ1n) is 7.54. The summed E-state index contributed by atoms with van der Waals surface area (Å²) in [6.07, 6.45) is 3.21. The van der Waals surface area contributed by atoms with Crippen molar-refractivity contribution in [3.8, 4) is 22.7 Å². The Hall–Kier alpha value is -3.75. The summed E-state index contributed by atoms with van der Waals surface area (Å²) in [5.41, 5.74) is 4.37. The molecule has 4 heterocycles. The standard InChI is InChI=1S/C16H11N7O2/c1-8-7-25-16(18-8)10-6-17-23-14(24)5-12(19-15(10)23)9-2-3-11-13(4-9)21-22-20-11/h2-7,17H,1H3,(H,20,21,22). The highest BCUT2D eigenvalue weighted by molar-refractivity contribution is 5.81. The van der Waals surface area contributed by atoms with Crippen LogP contribution in [0.4, 0.5) is 0 Å². The van der Waals surface area contributed by atoms with Crippen LogP contribution < -0.4 is 5.56 Å². The predicted molar refractivity (Wildman–Crippen MR) is 88.9 cm³/mol. The third kappa shape index (κ3) is 2.06. The molecule has 0 unspecified atom stereocenters. The Bertz CT molecular complexity index is 1290. The molecule has 9 heteroatoms. The van der Waals surface area contributed by atoms with Crippen LogP contribution >= 0.6 is 0 Å². The number of aryl methyl sites for hydroxylation is 1. The van der Waals surface area contributed by atoms with E-state index in [0.29, 0.717) is 28.3 Å². The molecule has 0 amide bonds. The lowest BCUT2D eigenvalue weighted by Crippen LogP contribution is -2.14. The number of hydrogen-bond acceptors (Lipinski definition) is 6. The summed E-state index contributed by atoms with van der Waals surface area (Å²) < 4.78 is 6.79. The minimum Gasteiger partial charge on any atom is -0.444 e. The van der Waals surface area contributed by atoms with Crippen LogP contribution in [0.15, 0.2) is 45.9 Å². The van der Waals surface area contributed by atoms with Gasteiger partial charge in [0.25, 0.3) is 5.56 Å². The van der Waals surface area contributed by atoms with Crippen LogP contribution in [0.1, 0.15) is 5.69 Å². The SMILES string of the molecule is Cc1coc(-c2c[nH]n3c(=O)cc(-c4ccc5n[nH]nc5c4)nc23)n1. The van der Waals surface area contributed by atoms with E-state index in [9.17, 15) is 4.79 Å². The molecule has 0 saturated carbocycles. The van der Waals surface area contributed by atoms with Crippen LogP contribution in [0.2, 0.25) is 0 Å². The quantitative estimate of drug-likeness (QED) is 0.509. The number of nitrogens with zero attached hydrogens (tertiary/aromatic N) is 5. The zero-order valence-corrected chi connectivity index (χ0v) is 13.0. The third-order valence-corrected chi connectivity index (χ3v) is 3.96. The van der Waals surface area contributed by atoms with Crippen LogP contribution in [0.25, 0.3) is 39.4 Å². The molecule has 0 radical (unpaired) electrons. The molecule has 0 aliphatic heterocycles. The van der Waals surface area contributed by atoms with Crippen molar-refractivity contribution in [3.63, 3.8) is 0 Å². The van der Waals surface area contributed by atoms with Crippen LogP contribution in [0, 0.1) is 6.92 Å². The fraction of sp³-hybridized carbons (Fsp3) is 0.0625.